The van der Waals surface area contributed by atoms with Crippen LogP contribution in [0.5, 0.6) is 17.4 Å². The molecule has 11 heteroatoms. The Kier molecular flexibility index (Phi) is 8.56. The lowest BCUT2D eigenvalue weighted by Crippen LogP contribution is -2.38. The highest BCUT2D eigenvalue weighted by Gasteiger charge is 2.27. The summed E-state index contributed by atoms with van der Waals surface area (Å²) in [4.78, 5) is 31.9. The first kappa shape index (κ1) is 26.1. The zero-order valence-corrected chi connectivity index (χ0v) is 22.1. The van der Waals surface area contributed by atoms with Gasteiger partial charge in [-0.05, 0) is 43.2 Å². The SMILES string of the molecule is COc1ccc(N(C(=O)c2ccc(Cl)cc2Cl)c2nc(OC(=O)NC3CCCCC3)cs2)cc1OC. The van der Waals surface area contributed by atoms with Crippen LogP contribution in [0.25, 0.3) is 0 Å². The van der Waals surface area contributed by atoms with Crippen molar-refractivity contribution in [2.24, 2.45) is 0 Å². The van der Waals surface area contributed by atoms with E-state index in [-0.39, 0.29) is 27.6 Å². The minimum atomic E-state index is -0.566. The summed E-state index contributed by atoms with van der Waals surface area (Å²) in [6, 6.07) is 9.75. The van der Waals surface area contributed by atoms with E-state index in [4.69, 9.17) is 37.4 Å². The second-order valence-corrected chi connectivity index (χ2v) is 9.82. The molecule has 4 rings (SSSR count). The molecule has 1 aliphatic rings. The average Bonchev–Trinajstić information content (AvgIpc) is 3.32. The summed E-state index contributed by atoms with van der Waals surface area (Å²) in [5.74, 6) is 0.566. The number of nitrogens with one attached hydrogen (secondary N) is 1. The van der Waals surface area contributed by atoms with Crippen LogP contribution in [0.15, 0.2) is 41.8 Å². The lowest BCUT2D eigenvalue weighted by Gasteiger charge is -2.22. The average molecular weight is 550 g/mol. The number of nitrogens with zero attached hydrogens (tertiary/aromatic N) is 2. The van der Waals surface area contributed by atoms with E-state index in [1.807, 2.05) is 0 Å². The molecule has 190 valence electrons. The van der Waals surface area contributed by atoms with Crippen LogP contribution in [-0.4, -0.2) is 37.2 Å². The maximum atomic E-state index is 13.7. The molecule has 0 radical (unpaired) electrons. The third-order valence-corrected chi connectivity index (χ3v) is 7.13. The molecule has 0 bridgehead atoms. The molecule has 1 aromatic heterocycles. The Morgan fingerprint density at radius 1 is 1.03 bits per heavy atom. The fourth-order valence-corrected chi connectivity index (χ4v) is 5.23. The zero-order chi connectivity index (χ0) is 25.7. The van der Waals surface area contributed by atoms with Gasteiger partial charge in [0.15, 0.2) is 11.5 Å². The van der Waals surface area contributed by atoms with E-state index in [0.29, 0.717) is 22.2 Å². The van der Waals surface area contributed by atoms with Crippen molar-refractivity contribution in [2.75, 3.05) is 19.1 Å². The molecule has 1 heterocycles. The zero-order valence-electron chi connectivity index (χ0n) is 19.8. The van der Waals surface area contributed by atoms with Crippen molar-refractivity contribution in [3.63, 3.8) is 0 Å². The van der Waals surface area contributed by atoms with Crippen molar-refractivity contribution in [1.29, 1.82) is 0 Å². The highest BCUT2D eigenvalue weighted by Crippen LogP contribution is 2.38. The fraction of sp³-hybridized carbons (Fsp3) is 0.320. The lowest BCUT2D eigenvalue weighted by atomic mass is 9.96. The van der Waals surface area contributed by atoms with Gasteiger partial charge in [-0.2, -0.15) is 4.98 Å². The van der Waals surface area contributed by atoms with Crippen molar-refractivity contribution in [3.8, 4) is 17.4 Å². The van der Waals surface area contributed by atoms with Crippen molar-refractivity contribution in [1.82, 2.24) is 10.3 Å². The number of ether oxygens (including phenoxy) is 3. The van der Waals surface area contributed by atoms with Crippen molar-refractivity contribution < 1.29 is 23.8 Å². The van der Waals surface area contributed by atoms with E-state index in [1.54, 1.807) is 35.7 Å². The normalized spacial score (nSPS) is 13.7. The minimum Gasteiger partial charge on any atom is -0.493 e. The molecule has 2 amide bonds. The van der Waals surface area contributed by atoms with Gasteiger partial charge in [0.1, 0.15) is 0 Å². The first-order valence-corrected chi connectivity index (χ1v) is 13.0. The molecular formula is C25H25Cl2N3O5S. The highest BCUT2D eigenvalue weighted by atomic mass is 35.5. The second kappa shape index (κ2) is 11.8. The number of carbonyl (C=O) groups is 2. The molecule has 0 unspecified atom stereocenters. The Morgan fingerprint density at radius 2 is 1.78 bits per heavy atom. The van der Waals surface area contributed by atoms with Crippen LogP contribution in [0.1, 0.15) is 42.5 Å². The second-order valence-electron chi connectivity index (χ2n) is 8.14. The smallest absolute Gasteiger partial charge is 0.414 e. The van der Waals surface area contributed by atoms with E-state index in [0.717, 1.165) is 37.0 Å². The van der Waals surface area contributed by atoms with Crippen molar-refractivity contribution >= 4 is 57.4 Å². The number of benzene rings is 2. The third-order valence-electron chi connectivity index (χ3n) is 5.78. The van der Waals surface area contributed by atoms with Crippen LogP contribution in [0.4, 0.5) is 15.6 Å². The van der Waals surface area contributed by atoms with E-state index in [9.17, 15) is 9.59 Å². The summed E-state index contributed by atoms with van der Waals surface area (Å²) in [6.45, 7) is 0. The van der Waals surface area contributed by atoms with Gasteiger partial charge in [0.05, 0.1) is 35.9 Å². The molecule has 1 fully saturated rings. The van der Waals surface area contributed by atoms with Gasteiger partial charge in [0.2, 0.25) is 11.0 Å². The molecular weight excluding hydrogens is 525 g/mol. The Balaban J connectivity index is 1.64. The van der Waals surface area contributed by atoms with E-state index in [1.165, 1.54) is 31.6 Å². The number of hydrogen-bond acceptors (Lipinski definition) is 7. The molecule has 0 atom stereocenters. The van der Waals surface area contributed by atoms with Crippen molar-refractivity contribution in [3.05, 3.63) is 57.4 Å². The van der Waals surface area contributed by atoms with Crippen LogP contribution in [0.3, 0.4) is 0 Å². The first-order valence-electron chi connectivity index (χ1n) is 11.3. The molecule has 36 heavy (non-hydrogen) atoms. The van der Waals surface area contributed by atoms with Gasteiger partial charge in [0, 0.05) is 17.1 Å². The first-order chi connectivity index (χ1) is 17.4. The molecule has 0 saturated heterocycles. The number of anilines is 2. The van der Waals surface area contributed by atoms with Crippen LogP contribution < -0.4 is 24.4 Å². The predicted molar refractivity (Wildman–Crippen MR) is 141 cm³/mol. The number of carbonyl (C=O) groups excluding carboxylic acids is 2. The Morgan fingerprint density at radius 3 is 2.47 bits per heavy atom. The molecule has 8 nitrogen and oxygen atoms in total. The highest BCUT2D eigenvalue weighted by molar-refractivity contribution is 7.14. The quantitative estimate of drug-likeness (QED) is 0.346. The van der Waals surface area contributed by atoms with Gasteiger partial charge >= 0.3 is 6.09 Å². The van der Waals surface area contributed by atoms with E-state index < -0.39 is 12.0 Å². The summed E-state index contributed by atoms with van der Waals surface area (Å²) in [5.41, 5.74) is 0.680. The van der Waals surface area contributed by atoms with Crippen LogP contribution in [0.2, 0.25) is 10.0 Å². The maximum Gasteiger partial charge on any atom is 0.414 e. The van der Waals surface area contributed by atoms with Gasteiger partial charge in [-0.1, -0.05) is 42.5 Å². The van der Waals surface area contributed by atoms with Crippen LogP contribution >= 0.6 is 34.5 Å². The molecule has 0 spiro atoms. The van der Waals surface area contributed by atoms with E-state index >= 15 is 0 Å². The van der Waals surface area contributed by atoms with Gasteiger partial charge in [-0.3, -0.25) is 9.69 Å². The summed E-state index contributed by atoms with van der Waals surface area (Å²) in [7, 11) is 3.03. The Hall–Kier alpha value is -3.01. The lowest BCUT2D eigenvalue weighted by molar-refractivity contribution is 0.0999. The van der Waals surface area contributed by atoms with Crippen molar-refractivity contribution in [2.45, 2.75) is 38.1 Å². The standard InChI is InChI=1S/C25H25Cl2N3O5S/c1-33-20-11-9-17(13-21(20)34-2)30(23(31)18-10-8-15(26)12-19(18)27)24-29-22(14-36-24)35-25(32)28-16-6-4-3-5-7-16/h8-14,16H,3-7H2,1-2H3,(H,28,32). The number of methoxy groups -OCH3 is 2. The van der Waals surface area contributed by atoms with E-state index in [2.05, 4.69) is 10.3 Å². The largest absolute Gasteiger partial charge is 0.493 e. The molecule has 0 aliphatic heterocycles. The number of thiazole rings is 1. The van der Waals surface area contributed by atoms with Gasteiger partial charge in [-0.25, -0.2) is 4.79 Å². The predicted octanol–water partition coefficient (Wildman–Crippen LogP) is 6.87. The summed E-state index contributed by atoms with van der Waals surface area (Å²) in [6.07, 6.45) is 4.65. The molecule has 1 saturated carbocycles. The summed E-state index contributed by atoms with van der Waals surface area (Å²) in [5, 5.41) is 5.33. The summed E-state index contributed by atoms with van der Waals surface area (Å²) < 4.78 is 16.2. The number of halogens is 2. The maximum absolute atomic E-state index is 13.7. The minimum absolute atomic E-state index is 0.0868. The number of aromatic nitrogens is 1. The van der Waals surface area contributed by atoms with Gasteiger partial charge in [0.25, 0.3) is 5.91 Å². The topological polar surface area (TPSA) is 90.0 Å². The number of amides is 2. The molecule has 1 aliphatic carbocycles. The monoisotopic (exact) mass is 549 g/mol. The number of rotatable bonds is 7. The molecule has 1 N–H and O–H groups in total. The molecule has 3 aromatic rings. The third kappa shape index (κ3) is 6.03. The van der Waals surface area contributed by atoms with Gasteiger partial charge in [-0.15, -0.1) is 11.3 Å². The van der Waals surface area contributed by atoms with Crippen LogP contribution in [-0.2, 0) is 0 Å². The van der Waals surface area contributed by atoms with Crippen LogP contribution in [0, 0.1) is 0 Å². The Labute approximate surface area is 223 Å². The summed E-state index contributed by atoms with van der Waals surface area (Å²) >= 11 is 13.5. The van der Waals surface area contributed by atoms with Gasteiger partial charge < -0.3 is 19.5 Å². The Bertz CT molecular complexity index is 1250. The fourth-order valence-electron chi connectivity index (χ4n) is 4.00. The molecule has 2 aromatic carbocycles. The number of hydrogen-bond donors (Lipinski definition) is 1.